The van der Waals surface area contributed by atoms with Crippen LogP contribution >= 0.6 is 11.8 Å². The molecule has 0 saturated heterocycles. The van der Waals surface area contributed by atoms with Gasteiger partial charge in [0.05, 0.1) is 16.7 Å². The monoisotopic (exact) mass is 448 g/mol. The summed E-state index contributed by atoms with van der Waals surface area (Å²) in [5.41, 5.74) is 3.07. The Morgan fingerprint density at radius 2 is 1.66 bits per heavy atom. The molecule has 32 heavy (non-hydrogen) atoms. The molecule has 0 aromatic heterocycles. The lowest BCUT2D eigenvalue weighted by atomic mass is 9.78. The van der Waals surface area contributed by atoms with Crippen LogP contribution in [0.4, 0.5) is 5.69 Å². The van der Waals surface area contributed by atoms with Gasteiger partial charge in [-0.05, 0) is 53.2 Å². The zero-order chi connectivity index (χ0) is 23.7. The Hall–Kier alpha value is -2.71. The Labute approximate surface area is 195 Å². The van der Waals surface area contributed by atoms with Gasteiger partial charge in [-0.2, -0.15) is 5.26 Å². The summed E-state index contributed by atoms with van der Waals surface area (Å²) in [6.07, 6.45) is 2.99. The van der Waals surface area contributed by atoms with Crippen LogP contribution in [0.15, 0.2) is 46.2 Å². The van der Waals surface area contributed by atoms with Gasteiger partial charge in [0.1, 0.15) is 5.75 Å². The van der Waals surface area contributed by atoms with Crippen LogP contribution in [-0.2, 0) is 15.6 Å². The van der Waals surface area contributed by atoms with Gasteiger partial charge in [-0.25, -0.2) is 0 Å². The first-order valence-electron chi connectivity index (χ1n) is 11.0. The molecule has 0 unspecified atom stereocenters. The minimum atomic E-state index is -0.238. The van der Waals surface area contributed by atoms with Gasteiger partial charge in [-0.1, -0.05) is 65.4 Å². The molecule has 0 aliphatic carbocycles. The number of nitrogens with zero attached hydrogens (tertiary/aromatic N) is 2. The third-order valence-electron chi connectivity index (χ3n) is 5.55. The summed E-state index contributed by atoms with van der Waals surface area (Å²) in [7, 11) is 0. The van der Waals surface area contributed by atoms with E-state index in [1.54, 1.807) is 4.90 Å². The molecule has 1 heterocycles. The Morgan fingerprint density at radius 3 is 2.22 bits per heavy atom. The zero-order valence-electron chi connectivity index (χ0n) is 19.8. The highest BCUT2D eigenvalue weighted by atomic mass is 32.2. The van der Waals surface area contributed by atoms with Crippen molar-refractivity contribution >= 4 is 29.4 Å². The Kier molecular flexibility index (Phi) is 6.76. The van der Waals surface area contributed by atoms with Crippen LogP contribution in [0.3, 0.4) is 0 Å². The number of nitriles is 1. The number of carbonyl (C=O) groups excluding carboxylic acids is 1. The fourth-order valence-electron chi connectivity index (χ4n) is 3.84. The number of rotatable bonds is 4. The molecular formula is C27H32N2O2S. The van der Waals surface area contributed by atoms with Crippen molar-refractivity contribution in [2.75, 3.05) is 11.4 Å². The second-order valence-corrected chi connectivity index (χ2v) is 11.3. The number of aromatic hydroxyl groups is 1. The van der Waals surface area contributed by atoms with Crippen LogP contribution in [0.1, 0.15) is 71.1 Å². The van der Waals surface area contributed by atoms with Crippen molar-refractivity contribution < 1.29 is 9.90 Å². The first-order valence-corrected chi connectivity index (χ1v) is 11.8. The highest BCUT2D eigenvalue weighted by molar-refractivity contribution is 8.04. The molecule has 2 aromatic rings. The maximum atomic E-state index is 13.4. The van der Waals surface area contributed by atoms with Gasteiger partial charge in [0.25, 0.3) is 5.91 Å². The van der Waals surface area contributed by atoms with Crippen molar-refractivity contribution in [3.05, 3.63) is 58.0 Å². The van der Waals surface area contributed by atoms with Gasteiger partial charge < -0.3 is 10.0 Å². The second-order valence-electron chi connectivity index (χ2n) is 10.3. The van der Waals surface area contributed by atoms with Crippen molar-refractivity contribution in [2.24, 2.45) is 0 Å². The summed E-state index contributed by atoms with van der Waals surface area (Å²) >= 11 is 1.48. The van der Waals surface area contributed by atoms with Gasteiger partial charge in [0.2, 0.25) is 0 Å². The van der Waals surface area contributed by atoms with E-state index in [2.05, 4.69) is 47.6 Å². The molecule has 0 saturated carbocycles. The highest BCUT2D eigenvalue weighted by Gasteiger charge is 2.30. The number of phenols is 1. The van der Waals surface area contributed by atoms with Gasteiger partial charge in [0.15, 0.2) is 0 Å². The van der Waals surface area contributed by atoms with Gasteiger partial charge in [0, 0.05) is 29.0 Å². The van der Waals surface area contributed by atoms with Crippen LogP contribution in [0.5, 0.6) is 5.75 Å². The second kappa shape index (κ2) is 9.03. The number of benzene rings is 2. The van der Waals surface area contributed by atoms with Crippen LogP contribution in [-0.4, -0.2) is 17.6 Å². The number of anilines is 1. The van der Waals surface area contributed by atoms with Crippen molar-refractivity contribution in [3.63, 3.8) is 0 Å². The standard InChI is InChI=1S/C27H32N2O2S/c1-26(2,3)19-15-18(16-20(24(19)30)27(4,5)6)17-23-25(31)29(14-10-9-13-28)21-11-7-8-12-22(21)32-23/h7-8,11-12,15-17,30H,9-10,14H2,1-6H3/b23-17-. The topological polar surface area (TPSA) is 64.3 Å². The Morgan fingerprint density at radius 1 is 1.06 bits per heavy atom. The third kappa shape index (κ3) is 5.02. The molecule has 1 amide bonds. The third-order valence-corrected chi connectivity index (χ3v) is 6.63. The van der Waals surface area contributed by atoms with Gasteiger partial charge >= 0.3 is 0 Å². The number of unbranched alkanes of at least 4 members (excludes halogenated alkanes) is 1. The molecule has 4 nitrogen and oxygen atoms in total. The minimum absolute atomic E-state index is 0.0469. The van der Waals surface area contributed by atoms with Gasteiger partial charge in [-0.15, -0.1) is 0 Å². The SMILES string of the molecule is CC(C)(C)c1cc(/C=C2\Sc3ccccc3N(CCCC#N)C2=O)cc(C(C)(C)C)c1O. The largest absolute Gasteiger partial charge is 0.507 e. The maximum absolute atomic E-state index is 13.4. The van der Waals surface area contributed by atoms with Crippen molar-refractivity contribution in [3.8, 4) is 11.8 Å². The van der Waals surface area contributed by atoms with E-state index in [1.165, 1.54) is 11.8 Å². The van der Waals surface area contributed by atoms with Crippen molar-refractivity contribution in [1.82, 2.24) is 0 Å². The first-order chi connectivity index (χ1) is 14.9. The smallest absolute Gasteiger partial charge is 0.265 e. The van der Waals surface area contributed by atoms with Crippen LogP contribution < -0.4 is 4.90 Å². The van der Waals surface area contributed by atoms with E-state index < -0.39 is 0 Å². The lowest BCUT2D eigenvalue weighted by Gasteiger charge is -2.30. The average molecular weight is 449 g/mol. The van der Waals surface area contributed by atoms with Crippen LogP contribution in [0, 0.1) is 11.3 Å². The fraction of sp³-hybridized carbons (Fsp3) is 0.407. The van der Waals surface area contributed by atoms with Crippen molar-refractivity contribution in [2.45, 2.75) is 70.1 Å². The normalized spacial score (nSPS) is 15.6. The molecule has 0 bridgehead atoms. The van der Waals surface area contributed by atoms with E-state index in [4.69, 9.17) is 5.26 Å². The summed E-state index contributed by atoms with van der Waals surface area (Å²) in [5.74, 6) is 0.285. The first kappa shape index (κ1) is 23.9. The summed E-state index contributed by atoms with van der Waals surface area (Å²) in [6.45, 7) is 13.0. The molecule has 0 radical (unpaired) electrons. The molecule has 0 fully saturated rings. The van der Waals surface area contributed by atoms with E-state index in [-0.39, 0.29) is 16.7 Å². The average Bonchev–Trinajstić information content (AvgIpc) is 2.70. The Bertz CT molecular complexity index is 1060. The van der Waals surface area contributed by atoms with E-state index >= 15 is 0 Å². The van der Waals surface area contributed by atoms with E-state index in [9.17, 15) is 9.90 Å². The number of phenolic OH excluding ortho intramolecular Hbond substituents is 1. The molecule has 3 rings (SSSR count). The number of amides is 1. The maximum Gasteiger partial charge on any atom is 0.265 e. The number of thioether (sulfide) groups is 1. The summed E-state index contributed by atoms with van der Waals surface area (Å²) < 4.78 is 0. The number of hydrogen-bond acceptors (Lipinski definition) is 4. The minimum Gasteiger partial charge on any atom is -0.507 e. The zero-order valence-corrected chi connectivity index (χ0v) is 20.6. The lowest BCUT2D eigenvalue weighted by Crippen LogP contribution is -2.35. The molecule has 2 aromatic carbocycles. The molecule has 5 heteroatoms. The molecule has 0 spiro atoms. The van der Waals surface area contributed by atoms with E-state index in [1.807, 2.05) is 42.5 Å². The number of carbonyl (C=O) groups is 1. The molecule has 1 aliphatic heterocycles. The van der Waals surface area contributed by atoms with Gasteiger partial charge in [-0.3, -0.25) is 4.79 Å². The number of hydrogen-bond donors (Lipinski definition) is 1. The fourth-order valence-corrected chi connectivity index (χ4v) is 4.89. The van der Waals surface area contributed by atoms with Crippen molar-refractivity contribution in [1.29, 1.82) is 5.26 Å². The molecule has 0 atom stereocenters. The molecule has 1 aliphatic rings. The van der Waals surface area contributed by atoms with E-state index in [0.29, 0.717) is 30.0 Å². The summed E-state index contributed by atoms with van der Waals surface area (Å²) in [6, 6.07) is 14.0. The van der Waals surface area contributed by atoms with E-state index in [0.717, 1.165) is 27.3 Å². The Balaban J connectivity index is 2.11. The molecule has 168 valence electrons. The predicted octanol–water partition coefficient (Wildman–Crippen LogP) is 6.77. The summed E-state index contributed by atoms with van der Waals surface area (Å²) in [5, 5.41) is 19.9. The highest BCUT2D eigenvalue weighted by Crippen LogP contribution is 2.44. The van der Waals surface area contributed by atoms with Crippen LogP contribution in [0.25, 0.3) is 6.08 Å². The summed E-state index contributed by atoms with van der Waals surface area (Å²) in [4.78, 5) is 16.9. The predicted molar refractivity (Wildman–Crippen MR) is 133 cm³/mol. The molecular weight excluding hydrogens is 416 g/mol. The number of fused-ring (bicyclic) bond motifs is 1. The molecule has 1 N–H and O–H groups in total. The quantitative estimate of drug-likeness (QED) is 0.414. The number of para-hydroxylation sites is 1. The lowest BCUT2D eigenvalue weighted by molar-refractivity contribution is -0.114. The van der Waals surface area contributed by atoms with Crippen LogP contribution in [0.2, 0.25) is 0 Å².